The van der Waals surface area contributed by atoms with Gasteiger partial charge in [0, 0.05) is 4.88 Å². The van der Waals surface area contributed by atoms with Crippen LogP contribution in [-0.4, -0.2) is 15.3 Å². The minimum atomic E-state index is -0.148. The molecule has 4 nitrogen and oxygen atoms in total. The highest BCUT2D eigenvalue weighted by molar-refractivity contribution is 7.17. The molecule has 3 rings (SSSR count). The number of Topliss-reactive ketones (excluding diaryl/α,β-unsaturated/α-hetero) is 1. The SMILES string of the molecule is CCc1ccc(C(=O)Cn2cnc3ccsc3c2=O)s1. The summed E-state index contributed by atoms with van der Waals surface area (Å²) < 4.78 is 1.98. The van der Waals surface area contributed by atoms with Crippen LogP contribution < -0.4 is 5.56 Å². The third-order valence-electron chi connectivity index (χ3n) is 3.03. The van der Waals surface area contributed by atoms with Crippen molar-refractivity contribution >= 4 is 38.7 Å². The minimum absolute atomic E-state index is 0.0450. The smallest absolute Gasteiger partial charge is 0.271 e. The van der Waals surface area contributed by atoms with Crippen LogP contribution in [0, 0.1) is 0 Å². The molecule has 0 amide bonds. The Labute approximate surface area is 123 Å². The summed E-state index contributed by atoms with van der Waals surface area (Å²) >= 11 is 2.84. The number of aryl methyl sites for hydroxylation is 1. The second kappa shape index (κ2) is 5.30. The Morgan fingerprint density at radius 3 is 2.95 bits per heavy atom. The van der Waals surface area contributed by atoms with Gasteiger partial charge in [0.1, 0.15) is 4.70 Å². The quantitative estimate of drug-likeness (QED) is 0.696. The molecule has 3 aromatic heterocycles. The molecule has 0 spiro atoms. The van der Waals surface area contributed by atoms with Gasteiger partial charge in [-0.05, 0) is 30.0 Å². The van der Waals surface area contributed by atoms with Crippen molar-refractivity contribution < 1.29 is 4.79 Å². The molecule has 0 unspecified atom stereocenters. The summed E-state index contributed by atoms with van der Waals surface area (Å²) in [4.78, 5) is 30.5. The zero-order valence-corrected chi connectivity index (χ0v) is 12.5. The van der Waals surface area contributed by atoms with E-state index in [0.29, 0.717) is 15.1 Å². The number of carbonyl (C=O) groups is 1. The number of aromatic nitrogens is 2. The molecule has 3 heterocycles. The Morgan fingerprint density at radius 2 is 2.20 bits per heavy atom. The Morgan fingerprint density at radius 1 is 1.35 bits per heavy atom. The maximum atomic E-state index is 12.2. The van der Waals surface area contributed by atoms with E-state index in [1.54, 1.807) is 6.07 Å². The fourth-order valence-electron chi connectivity index (χ4n) is 1.94. The first kappa shape index (κ1) is 13.2. The first-order chi connectivity index (χ1) is 9.69. The Hall–Kier alpha value is -1.79. The van der Waals surface area contributed by atoms with Crippen LogP contribution in [0.25, 0.3) is 10.2 Å². The summed E-state index contributed by atoms with van der Waals surface area (Å²) in [6, 6.07) is 5.59. The molecule has 0 aliphatic heterocycles. The van der Waals surface area contributed by atoms with Crippen LogP contribution in [0.3, 0.4) is 0 Å². The van der Waals surface area contributed by atoms with Gasteiger partial charge in [-0.2, -0.15) is 0 Å². The van der Waals surface area contributed by atoms with Gasteiger partial charge < -0.3 is 0 Å². The molecule has 0 N–H and O–H groups in total. The monoisotopic (exact) mass is 304 g/mol. The van der Waals surface area contributed by atoms with Crippen molar-refractivity contribution in [3.63, 3.8) is 0 Å². The molecule has 0 aliphatic rings. The van der Waals surface area contributed by atoms with Gasteiger partial charge in [-0.3, -0.25) is 14.2 Å². The van der Waals surface area contributed by atoms with Gasteiger partial charge in [0.15, 0.2) is 5.78 Å². The van der Waals surface area contributed by atoms with Crippen LogP contribution in [0.4, 0.5) is 0 Å². The van der Waals surface area contributed by atoms with Crippen molar-refractivity contribution in [1.29, 1.82) is 0 Å². The molecular formula is C14H12N2O2S2. The summed E-state index contributed by atoms with van der Waals surface area (Å²) in [6.45, 7) is 2.10. The second-order valence-corrected chi connectivity index (χ2v) is 6.44. The van der Waals surface area contributed by atoms with E-state index >= 15 is 0 Å². The van der Waals surface area contributed by atoms with E-state index in [2.05, 4.69) is 11.9 Å². The van der Waals surface area contributed by atoms with Crippen LogP contribution in [0.5, 0.6) is 0 Å². The van der Waals surface area contributed by atoms with E-state index in [1.165, 1.54) is 38.4 Å². The highest BCUT2D eigenvalue weighted by Gasteiger charge is 2.12. The molecule has 20 heavy (non-hydrogen) atoms. The Kier molecular flexibility index (Phi) is 3.50. The van der Waals surface area contributed by atoms with Gasteiger partial charge in [-0.15, -0.1) is 22.7 Å². The summed E-state index contributed by atoms with van der Waals surface area (Å²) in [5, 5.41) is 1.83. The van der Waals surface area contributed by atoms with Gasteiger partial charge in [-0.25, -0.2) is 4.98 Å². The molecule has 0 aromatic carbocycles. The van der Waals surface area contributed by atoms with Crippen LogP contribution in [0.2, 0.25) is 0 Å². The normalized spacial score (nSPS) is 11.1. The molecule has 0 saturated carbocycles. The van der Waals surface area contributed by atoms with Crippen LogP contribution in [-0.2, 0) is 13.0 Å². The number of rotatable bonds is 4. The van der Waals surface area contributed by atoms with Gasteiger partial charge >= 0.3 is 0 Å². The molecule has 0 radical (unpaired) electrons. The standard InChI is InChI=1S/C14H12N2O2S2/c1-2-9-3-4-12(20-9)11(17)7-16-8-15-10-5-6-19-13(10)14(16)18/h3-6,8H,2,7H2,1H3. The molecule has 0 fully saturated rings. The van der Waals surface area contributed by atoms with E-state index in [0.717, 1.165) is 6.42 Å². The molecular weight excluding hydrogens is 292 g/mol. The van der Waals surface area contributed by atoms with Crippen molar-refractivity contribution in [2.75, 3.05) is 0 Å². The highest BCUT2D eigenvalue weighted by Crippen LogP contribution is 2.18. The fourth-order valence-corrected chi connectivity index (χ4v) is 3.61. The number of fused-ring (bicyclic) bond motifs is 1. The summed E-state index contributed by atoms with van der Waals surface area (Å²) in [5.74, 6) is -0.0468. The number of hydrogen-bond donors (Lipinski definition) is 0. The Balaban J connectivity index is 1.90. The fraction of sp³-hybridized carbons (Fsp3) is 0.214. The third-order valence-corrected chi connectivity index (χ3v) is 5.20. The van der Waals surface area contributed by atoms with Crippen LogP contribution >= 0.6 is 22.7 Å². The van der Waals surface area contributed by atoms with Gasteiger partial charge in [0.25, 0.3) is 5.56 Å². The summed E-state index contributed by atoms with van der Waals surface area (Å²) in [7, 11) is 0. The first-order valence-corrected chi connectivity index (χ1v) is 7.93. The largest absolute Gasteiger partial charge is 0.291 e. The van der Waals surface area contributed by atoms with Gasteiger partial charge in [-0.1, -0.05) is 6.92 Å². The lowest BCUT2D eigenvalue weighted by atomic mass is 10.3. The topological polar surface area (TPSA) is 52.0 Å². The van der Waals surface area contributed by atoms with Crippen molar-refractivity contribution in [2.45, 2.75) is 19.9 Å². The lowest BCUT2D eigenvalue weighted by Crippen LogP contribution is -2.23. The number of thiophene rings is 2. The van der Waals surface area contributed by atoms with E-state index < -0.39 is 0 Å². The number of nitrogens with zero attached hydrogens (tertiary/aromatic N) is 2. The lowest BCUT2D eigenvalue weighted by Gasteiger charge is -2.02. The number of ketones is 1. The van der Waals surface area contributed by atoms with E-state index in [1.807, 2.05) is 17.5 Å². The van der Waals surface area contributed by atoms with E-state index in [-0.39, 0.29) is 17.9 Å². The lowest BCUT2D eigenvalue weighted by molar-refractivity contribution is 0.0974. The van der Waals surface area contributed by atoms with Crippen LogP contribution in [0.15, 0.2) is 34.7 Å². The Bertz CT molecular complexity index is 829. The van der Waals surface area contributed by atoms with Crippen molar-refractivity contribution in [1.82, 2.24) is 9.55 Å². The van der Waals surface area contributed by atoms with E-state index in [9.17, 15) is 9.59 Å². The number of carbonyl (C=O) groups excluding carboxylic acids is 1. The molecule has 6 heteroatoms. The van der Waals surface area contributed by atoms with Crippen LogP contribution in [0.1, 0.15) is 21.5 Å². The molecule has 0 aliphatic carbocycles. The minimum Gasteiger partial charge on any atom is -0.291 e. The predicted octanol–water partition coefficient (Wildman–Crippen LogP) is 2.96. The average Bonchev–Trinajstić information content (AvgIpc) is 3.10. The summed E-state index contributed by atoms with van der Waals surface area (Å²) in [5.41, 5.74) is 0.540. The van der Waals surface area contributed by atoms with Crippen molar-refractivity contribution in [3.8, 4) is 0 Å². The van der Waals surface area contributed by atoms with Crippen molar-refractivity contribution in [3.05, 3.63) is 50.0 Å². The maximum Gasteiger partial charge on any atom is 0.271 e. The average molecular weight is 304 g/mol. The second-order valence-electron chi connectivity index (χ2n) is 4.36. The zero-order chi connectivity index (χ0) is 14.1. The van der Waals surface area contributed by atoms with E-state index in [4.69, 9.17) is 0 Å². The van der Waals surface area contributed by atoms with Crippen molar-refractivity contribution in [2.24, 2.45) is 0 Å². The van der Waals surface area contributed by atoms with Gasteiger partial charge in [0.2, 0.25) is 0 Å². The number of hydrogen-bond acceptors (Lipinski definition) is 5. The zero-order valence-electron chi connectivity index (χ0n) is 10.8. The first-order valence-electron chi connectivity index (χ1n) is 6.23. The molecule has 0 saturated heterocycles. The summed E-state index contributed by atoms with van der Waals surface area (Å²) in [6.07, 6.45) is 2.37. The molecule has 0 atom stereocenters. The maximum absolute atomic E-state index is 12.2. The molecule has 3 aromatic rings. The highest BCUT2D eigenvalue weighted by atomic mass is 32.1. The predicted molar refractivity (Wildman–Crippen MR) is 81.9 cm³/mol. The molecule has 102 valence electrons. The van der Waals surface area contributed by atoms with Gasteiger partial charge in [0.05, 0.1) is 23.3 Å². The third kappa shape index (κ3) is 2.32. The molecule has 0 bridgehead atoms.